The minimum atomic E-state index is -0.458. The fraction of sp³-hybridized carbons (Fsp3) is 0.190. The third kappa shape index (κ3) is 5.70. The molecular weight excluding hydrogens is 418 g/mol. The van der Waals surface area contributed by atoms with Crippen LogP contribution in [0, 0.1) is 10.1 Å². The fourth-order valence-corrected chi connectivity index (χ4v) is 3.56. The third-order valence-corrected chi connectivity index (χ3v) is 5.29. The van der Waals surface area contributed by atoms with E-state index >= 15 is 0 Å². The number of carbonyl (C=O) groups excluding carboxylic acids is 1. The average molecular weight is 439 g/mol. The topological polar surface area (TPSA) is 112 Å². The number of methoxy groups -OCH3 is 1. The number of benzene rings is 2. The monoisotopic (exact) mass is 439 g/mol. The molecule has 0 atom stereocenters. The SMILES string of the molecule is C=CCn1c(SCC(=O)NCc2ccc(OC)cc2)nnc1-c1cccc([N+](=O)[O-])c1. The molecule has 10 heteroatoms. The number of nitrogens with one attached hydrogen (secondary N) is 1. The Morgan fingerprint density at radius 3 is 2.74 bits per heavy atom. The molecule has 1 N–H and O–H groups in total. The molecule has 160 valence electrons. The molecule has 0 spiro atoms. The van der Waals surface area contributed by atoms with Crippen LogP contribution in [0.25, 0.3) is 11.4 Å². The highest BCUT2D eigenvalue weighted by Crippen LogP contribution is 2.26. The summed E-state index contributed by atoms with van der Waals surface area (Å²) in [5.41, 5.74) is 1.50. The number of hydrogen-bond acceptors (Lipinski definition) is 7. The molecule has 0 unspecified atom stereocenters. The second kappa shape index (κ2) is 10.4. The van der Waals surface area contributed by atoms with Crippen molar-refractivity contribution in [3.8, 4) is 17.1 Å². The van der Waals surface area contributed by atoms with E-state index in [9.17, 15) is 14.9 Å². The molecule has 3 rings (SSSR count). The summed E-state index contributed by atoms with van der Waals surface area (Å²) in [6, 6.07) is 13.6. The van der Waals surface area contributed by atoms with Crippen molar-refractivity contribution in [1.82, 2.24) is 20.1 Å². The van der Waals surface area contributed by atoms with Gasteiger partial charge in [0.25, 0.3) is 5.69 Å². The molecule has 0 aliphatic rings. The predicted octanol–water partition coefficient (Wildman–Crippen LogP) is 3.46. The maximum absolute atomic E-state index is 12.3. The Bertz CT molecular complexity index is 1080. The molecular formula is C21H21N5O4S. The zero-order valence-corrected chi connectivity index (χ0v) is 17.7. The van der Waals surface area contributed by atoms with Crippen molar-refractivity contribution in [2.75, 3.05) is 12.9 Å². The highest BCUT2D eigenvalue weighted by Gasteiger charge is 2.17. The van der Waals surface area contributed by atoms with E-state index in [4.69, 9.17) is 4.74 Å². The zero-order valence-electron chi connectivity index (χ0n) is 16.9. The molecule has 0 fully saturated rings. The molecule has 1 aromatic heterocycles. The van der Waals surface area contributed by atoms with Gasteiger partial charge in [0.05, 0.1) is 17.8 Å². The Hall–Kier alpha value is -3.66. The van der Waals surface area contributed by atoms with E-state index in [1.54, 1.807) is 29.9 Å². The number of amides is 1. The number of nitro benzene ring substituents is 1. The lowest BCUT2D eigenvalue weighted by Gasteiger charge is -2.08. The molecule has 0 bridgehead atoms. The summed E-state index contributed by atoms with van der Waals surface area (Å²) < 4.78 is 6.89. The van der Waals surface area contributed by atoms with Crippen molar-refractivity contribution in [2.45, 2.75) is 18.2 Å². The third-order valence-electron chi connectivity index (χ3n) is 4.32. The van der Waals surface area contributed by atoms with Crippen LogP contribution in [0.4, 0.5) is 5.69 Å². The van der Waals surface area contributed by atoms with Gasteiger partial charge >= 0.3 is 0 Å². The van der Waals surface area contributed by atoms with E-state index in [0.717, 1.165) is 11.3 Å². The van der Waals surface area contributed by atoms with Crippen LogP contribution in [0.3, 0.4) is 0 Å². The first-order chi connectivity index (χ1) is 15.0. The largest absolute Gasteiger partial charge is 0.497 e. The Labute approximate surface area is 183 Å². The molecule has 0 radical (unpaired) electrons. The van der Waals surface area contributed by atoms with Gasteiger partial charge in [-0.3, -0.25) is 19.5 Å². The number of carbonyl (C=O) groups is 1. The molecule has 1 heterocycles. The van der Waals surface area contributed by atoms with Crippen molar-refractivity contribution < 1.29 is 14.5 Å². The van der Waals surface area contributed by atoms with Gasteiger partial charge in [-0.1, -0.05) is 42.1 Å². The smallest absolute Gasteiger partial charge is 0.270 e. The van der Waals surface area contributed by atoms with Gasteiger partial charge in [0, 0.05) is 30.8 Å². The van der Waals surface area contributed by atoms with E-state index in [1.807, 2.05) is 24.3 Å². The Morgan fingerprint density at radius 1 is 1.29 bits per heavy atom. The number of rotatable bonds is 10. The average Bonchev–Trinajstić information content (AvgIpc) is 3.19. The van der Waals surface area contributed by atoms with Gasteiger partial charge in [0.15, 0.2) is 11.0 Å². The molecule has 0 aliphatic carbocycles. The molecule has 1 amide bonds. The highest BCUT2D eigenvalue weighted by atomic mass is 32.2. The minimum absolute atomic E-state index is 0.0298. The second-order valence-electron chi connectivity index (χ2n) is 6.43. The first-order valence-electron chi connectivity index (χ1n) is 9.33. The normalized spacial score (nSPS) is 10.5. The Morgan fingerprint density at radius 2 is 2.06 bits per heavy atom. The van der Waals surface area contributed by atoms with E-state index in [2.05, 4.69) is 22.1 Å². The van der Waals surface area contributed by atoms with Gasteiger partial charge in [-0.05, 0) is 17.7 Å². The Kier molecular flexibility index (Phi) is 7.39. The van der Waals surface area contributed by atoms with Gasteiger partial charge in [-0.2, -0.15) is 0 Å². The first-order valence-corrected chi connectivity index (χ1v) is 10.3. The lowest BCUT2D eigenvalue weighted by molar-refractivity contribution is -0.384. The second-order valence-corrected chi connectivity index (χ2v) is 7.37. The lowest BCUT2D eigenvalue weighted by Crippen LogP contribution is -2.24. The van der Waals surface area contributed by atoms with Crippen LogP contribution < -0.4 is 10.1 Å². The summed E-state index contributed by atoms with van der Waals surface area (Å²) in [7, 11) is 1.60. The molecule has 0 saturated carbocycles. The van der Waals surface area contributed by atoms with Crippen LogP contribution in [0.5, 0.6) is 5.75 Å². The molecule has 9 nitrogen and oxygen atoms in total. The quantitative estimate of drug-likeness (QED) is 0.223. The number of thioether (sulfide) groups is 1. The zero-order chi connectivity index (χ0) is 22.2. The maximum atomic E-state index is 12.3. The van der Waals surface area contributed by atoms with Crippen molar-refractivity contribution in [1.29, 1.82) is 0 Å². The number of hydrogen-bond donors (Lipinski definition) is 1. The van der Waals surface area contributed by atoms with E-state index in [1.165, 1.54) is 23.9 Å². The standard InChI is InChI=1S/C21H21N5O4S/c1-3-11-25-20(16-5-4-6-17(12-16)26(28)29)23-24-21(25)31-14-19(27)22-13-15-7-9-18(30-2)10-8-15/h3-10,12H,1,11,13-14H2,2H3,(H,22,27). The van der Waals surface area contributed by atoms with Crippen LogP contribution in [-0.2, 0) is 17.9 Å². The number of nitrogens with zero attached hydrogens (tertiary/aromatic N) is 4. The van der Waals surface area contributed by atoms with Crippen molar-refractivity contribution >= 4 is 23.4 Å². The molecule has 2 aromatic carbocycles. The van der Waals surface area contributed by atoms with E-state index in [-0.39, 0.29) is 17.3 Å². The van der Waals surface area contributed by atoms with Crippen molar-refractivity contribution in [2.24, 2.45) is 0 Å². The number of nitro groups is 1. The van der Waals surface area contributed by atoms with E-state index < -0.39 is 4.92 Å². The van der Waals surface area contributed by atoms with Crippen LogP contribution in [-0.4, -0.2) is 38.5 Å². The summed E-state index contributed by atoms with van der Waals surface area (Å²) >= 11 is 1.24. The van der Waals surface area contributed by atoms with Crippen molar-refractivity contribution in [3.05, 3.63) is 76.9 Å². The predicted molar refractivity (Wildman–Crippen MR) is 118 cm³/mol. The Balaban J connectivity index is 1.66. The lowest BCUT2D eigenvalue weighted by atomic mass is 10.2. The van der Waals surface area contributed by atoms with Gasteiger partial charge < -0.3 is 10.1 Å². The number of aromatic nitrogens is 3. The molecule has 3 aromatic rings. The van der Waals surface area contributed by atoms with Crippen LogP contribution in [0.15, 0.2) is 66.3 Å². The highest BCUT2D eigenvalue weighted by molar-refractivity contribution is 7.99. The number of ether oxygens (including phenoxy) is 1. The maximum Gasteiger partial charge on any atom is 0.270 e. The fourth-order valence-electron chi connectivity index (χ4n) is 2.79. The molecule has 0 saturated heterocycles. The van der Waals surface area contributed by atoms with Crippen LogP contribution in [0.2, 0.25) is 0 Å². The van der Waals surface area contributed by atoms with Crippen LogP contribution >= 0.6 is 11.8 Å². The molecule has 0 aliphatic heterocycles. The number of allylic oxidation sites excluding steroid dienone is 1. The summed E-state index contributed by atoms with van der Waals surface area (Å²) in [5, 5.41) is 22.8. The minimum Gasteiger partial charge on any atom is -0.497 e. The summed E-state index contributed by atoms with van der Waals surface area (Å²) in [6.45, 7) is 4.55. The molecule has 31 heavy (non-hydrogen) atoms. The van der Waals surface area contributed by atoms with Crippen LogP contribution in [0.1, 0.15) is 5.56 Å². The van der Waals surface area contributed by atoms with Gasteiger partial charge in [-0.25, -0.2) is 0 Å². The van der Waals surface area contributed by atoms with Gasteiger partial charge in [0.1, 0.15) is 5.75 Å². The summed E-state index contributed by atoms with van der Waals surface area (Å²) in [4.78, 5) is 22.9. The van der Waals surface area contributed by atoms with Gasteiger partial charge in [-0.15, -0.1) is 16.8 Å². The van der Waals surface area contributed by atoms with Crippen molar-refractivity contribution in [3.63, 3.8) is 0 Å². The first kappa shape index (κ1) is 22.0. The van der Waals surface area contributed by atoms with Gasteiger partial charge in [0.2, 0.25) is 5.91 Å². The summed E-state index contributed by atoms with van der Waals surface area (Å²) in [5.74, 6) is 1.24. The summed E-state index contributed by atoms with van der Waals surface area (Å²) in [6.07, 6.45) is 1.68. The van der Waals surface area contributed by atoms with E-state index in [0.29, 0.717) is 29.6 Å². The number of non-ortho nitro benzene ring substituents is 1.